The van der Waals surface area contributed by atoms with Gasteiger partial charge in [0.1, 0.15) is 11.3 Å². The van der Waals surface area contributed by atoms with E-state index in [0.29, 0.717) is 45.4 Å². The fraction of sp³-hybridized carbons (Fsp3) is 0.118. The Kier molecular flexibility index (Phi) is 6.99. The van der Waals surface area contributed by atoms with Gasteiger partial charge >= 0.3 is 0 Å². The quantitative estimate of drug-likeness (QED) is 0.239. The third kappa shape index (κ3) is 5.25. The van der Waals surface area contributed by atoms with Crippen molar-refractivity contribution in [3.63, 3.8) is 0 Å². The van der Waals surface area contributed by atoms with Crippen LogP contribution in [0.3, 0.4) is 0 Å². The third-order valence-corrected chi connectivity index (χ3v) is 7.70. The second kappa shape index (κ2) is 11.4. The average Bonchev–Trinajstić information content (AvgIpc) is 3.80. The Labute approximate surface area is 258 Å². The molecule has 0 bridgehead atoms. The molecule has 1 aliphatic carbocycles. The average molecular weight is 594 g/mol. The number of nitrogen functional groups attached to an aromatic ring is 1. The first-order chi connectivity index (χ1) is 22.0. The molecule has 0 unspecified atom stereocenters. The highest BCUT2D eigenvalue weighted by atomic mass is 16.2. The maximum Gasteiger partial charge on any atom is 0.300 e. The van der Waals surface area contributed by atoms with Gasteiger partial charge in [0.05, 0.1) is 11.6 Å². The van der Waals surface area contributed by atoms with Crippen LogP contribution in [0.2, 0.25) is 0 Å². The number of fused-ring (bicyclic) bond motifs is 2. The van der Waals surface area contributed by atoms with E-state index in [1.807, 2.05) is 53.2 Å². The Balaban J connectivity index is 1.23. The summed E-state index contributed by atoms with van der Waals surface area (Å²) in [5.74, 6) is 6.00. The van der Waals surface area contributed by atoms with E-state index in [4.69, 9.17) is 15.7 Å². The van der Waals surface area contributed by atoms with E-state index in [9.17, 15) is 9.59 Å². The van der Waals surface area contributed by atoms with Crippen molar-refractivity contribution in [3.05, 3.63) is 108 Å². The first kappa shape index (κ1) is 27.5. The molecule has 1 aliphatic rings. The first-order valence-electron chi connectivity index (χ1n) is 14.4. The van der Waals surface area contributed by atoms with Gasteiger partial charge in [0.2, 0.25) is 0 Å². The number of aryl methyl sites for hydroxylation is 1. The predicted molar refractivity (Wildman–Crippen MR) is 171 cm³/mol. The van der Waals surface area contributed by atoms with Gasteiger partial charge in [-0.05, 0) is 97.5 Å². The van der Waals surface area contributed by atoms with Crippen molar-refractivity contribution in [1.82, 2.24) is 34.6 Å². The molecule has 0 aliphatic heterocycles. The molecule has 2 aromatic carbocycles. The van der Waals surface area contributed by atoms with Crippen LogP contribution < -0.4 is 16.4 Å². The maximum absolute atomic E-state index is 13.2. The minimum absolute atomic E-state index is 0.164. The SMILES string of the molecule is CC#CC(=O)Nc1cccc(C(=O)N[C@H]2CCc3cc(-n4c(-c5cccnc5N)nc5ccc(-n6cccn6)nc54)ccc32)c1. The Morgan fingerprint density at radius 2 is 1.91 bits per heavy atom. The summed E-state index contributed by atoms with van der Waals surface area (Å²) < 4.78 is 3.69. The van der Waals surface area contributed by atoms with E-state index in [0.717, 1.165) is 29.7 Å². The molecule has 11 heteroatoms. The summed E-state index contributed by atoms with van der Waals surface area (Å²) in [7, 11) is 0. The Morgan fingerprint density at radius 3 is 2.73 bits per heavy atom. The van der Waals surface area contributed by atoms with Gasteiger partial charge in [-0.25, -0.2) is 19.6 Å². The van der Waals surface area contributed by atoms with Crippen molar-refractivity contribution in [2.75, 3.05) is 11.1 Å². The standard InChI is InChI=1S/C34H27N9O2/c1-2-6-30(44)38-23-8-3-7-22(19-23)34(45)40-27-13-10-21-20-24(11-12-25(21)27)43-32(26-9-4-16-36-31(26)35)39-28-14-15-29(41-33(28)43)42-18-5-17-37-42/h3-5,7-9,11-12,14-20,27H,10,13H2,1H3,(H2,35,36)(H,38,44)(H,40,45)/t27-/m0/s1. The molecular weight excluding hydrogens is 566 g/mol. The number of hydrogen-bond acceptors (Lipinski definition) is 7. The van der Waals surface area contributed by atoms with E-state index in [2.05, 4.69) is 38.6 Å². The summed E-state index contributed by atoms with van der Waals surface area (Å²) in [4.78, 5) is 39.3. The van der Waals surface area contributed by atoms with Crippen LogP contribution in [0.4, 0.5) is 11.5 Å². The zero-order valence-corrected chi connectivity index (χ0v) is 24.2. The monoisotopic (exact) mass is 593 g/mol. The molecule has 2 amide bonds. The lowest BCUT2D eigenvalue weighted by Gasteiger charge is -2.16. The predicted octanol–water partition coefficient (Wildman–Crippen LogP) is 4.63. The van der Waals surface area contributed by atoms with Crippen LogP contribution in [0.5, 0.6) is 0 Å². The Hall–Kier alpha value is -6.28. The number of nitrogens with one attached hydrogen (secondary N) is 2. The molecule has 4 N–H and O–H groups in total. The number of pyridine rings is 2. The van der Waals surface area contributed by atoms with Gasteiger partial charge in [-0.2, -0.15) is 5.10 Å². The number of imidazole rings is 1. The molecule has 7 rings (SSSR count). The first-order valence-corrected chi connectivity index (χ1v) is 14.4. The Morgan fingerprint density at radius 1 is 1.00 bits per heavy atom. The zero-order chi connectivity index (χ0) is 30.9. The molecule has 4 heterocycles. The summed E-state index contributed by atoms with van der Waals surface area (Å²) in [5, 5.41) is 10.2. The van der Waals surface area contributed by atoms with Crippen LogP contribution in [0.25, 0.3) is 34.1 Å². The summed E-state index contributed by atoms with van der Waals surface area (Å²) in [6, 6.07) is 22.2. The maximum atomic E-state index is 13.2. The van der Waals surface area contributed by atoms with Gasteiger partial charge in [-0.15, -0.1) is 0 Å². The van der Waals surface area contributed by atoms with Gasteiger partial charge in [-0.3, -0.25) is 14.2 Å². The van der Waals surface area contributed by atoms with E-state index >= 15 is 0 Å². The number of aromatic nitrogens is 6. The molecule has 0 spiro atoms. The van der Waals surface area contributed by atoms with E-state index in [-0.39, 0.29) is 11.9 Å². The number of hydrogen-bond donors (Lipinski definition) is 3. The second-order valence-electron chi connectivity index (χ2n) is 10.5. The second-order valence-corrected chi connectivity index (χ2v) is 10.5. The molecule has 220 valence electrons. The molecule has 0 saturated carbocycles. The molecule has 11 nitrogen and oxygen atoms in total. The lowest BCUT2D eigenvalue weighted by Crippen LogP contribution is -2.27. The van der Waals surface area contributed by atoms with Crippen LogP contribution >= 0.6 is 0 Å². The number of nitrogens with two attached hydrogens (primary N) is 1. The largest absolute Gasteiger partial charge is 0.383 e. The van der Waals surface area contributed by atoms with Crippen LogP contribution in [0.15, 0.2) is 91.4 Å². The molecule has 1 atom stereocenters. The zero-order valence-electron chi connectivity index (χ0n) is 24.2. The van der Waals surface area contributed by atoms with Gasteiger partial charge in [0.25, 0.3) is 11.8 Å². The van der Waals surface area contributed by atoms with Gasteiger partial charge < -0.3 is 16.4 Å². The van der Waals surface area contributed by atoms with Crippen LogP contribution in [0.1, 0.15) is 40.9 Å². The van der Waals surface area contributed by atoms with Gasteiger partial charge in [0.15, 0.2) is 17.3 Å². The summed E-state index contributed by atoms with van der Waals surface area (Å²) in [5.41, 5.74) is 12.4. The van der Waals surface area contributed by atoms with Crippen molar-refractivity contribution in [2.24, 2.45) is 0 Å². The molecule has 45 heavy (non-hydrogen) atoms. The van der Waals surface area contributed by atoms with Crippen LogP contribution in [-0.4, -0.2) is 41.1 Å². The van der Waals surface area contributed by atoms with E-state index in [1.165, 1.54) is 0 Å². The number of anilines is 2. The topological polar surface area (TPSA) is 146 Å². The number of carbonyl (C=O) groups excluding carboxylic acids is 2. The smallest absolute Gasteiger partial charge is 0.300 e. The fourth-order valence-corrected chi connectivity index (χ4v) is 5.66. The molecule has 4 aromatic heterocycles. The van der Waals surface area contributed by atoms with E-state index < -0.39 is 5.91 Å². The fourth-order valence-electron chi connectivity index (χ4n) is 5.66. The highest BCUT2D eigenvalue weighted by Crippen LogP contribution is 2.36. The van der Waals surface area contributed by atoms with Crippen LogP contribution in [-0.2, 0) is 11.2 Å². The van der Waals surface area contributed by atoms with Crippen molar-refractivity contribution in [2.45, 2.75) is 25.8 Å². The highest BCUT2D eigenvalue weighted by Gasteiger charge is 2.26. The van der Waals surface area contributed by atoms with Crippen molar-refractivity contribution in [1.29, 1.82) is 0 Å². The summed E-state index contributed by atoms with van der Waals surface area (Å²) in [6.07, 6.45) is 6.73. The minimum Gasteiger partial charge on any atom is -0.383 e. The minimum atomic E-state index is -0.427. The number of carbonyl (C=O) groups is 2. The normalized spacial score (nSPS) is 13.6. The molecule has 0 fully saturated rings. The number of amides is 2. The van der Waals surface area contributed by atoms with Crippen molar-refractivity contribution < 1.29 is 9.59 Å². The van der Waals surface area contributed by atoms with Gasteiger partial charge in [0, 0.05) is 35.5 Å². The number of nitrogens with zero attached hydrogens (tertiary/aromatic N) is 6. The molecule has 6 aromatic rings. The summed E-state index contributed by atoms with van der Waals surface area (Å²) in [6.45, 7) is 1.59. The highest BCUT2D eigenvalue weighted by molar-refractivity contribution is 6.04. The summed E-state index contributed by atoms with van der Waals surface area (Å²) >= 11 is 0. The molecular formula is C34H27N9O2. The third-order valence-electron chi connectivity index (χ3n) is 7.70. The lowest BCUT2D eigenvalue weighted by atomic mass is 10.1. The molecule has 0 radical (unpaired) electrons. The van der Waals surface area contributed by atoms with Crippen molar-refractivity contribution in [3.8, 4) is 34.7 Å². The lowest BCUT2D eigenvalue weighted by molar-refractivity contribution is -0.111. The number of rotatable bonds is 6. The van der Waals surface area contributed by atoms with Crippen LogP contribution in [0, 0.1) is 11.8 Å². The van der Waals surface area contributed by atoms with Gasteiger partial charge in [-0.1, -0.05) is 18.1 Å². The number of benzene rings is 2. The molecule has 0 saturated heterocycles. The van der Waals surface area contributed by atoms with Crippen molar-refractivity contribution >= 4 is 34.5 Å². The Bertz CT molecular complexity index is 2160. The van der Waals surface area contributed by atoms with E-state index in [1.54, 1.807) is 48.3 Å².